The van der Waals surface area contributed by atoms with Gasteiger partial charge < -0.3 is 9.57 Å². The highest BCUT2D eigenvalue weighted by Gasteiger charge is 2.57. The summed E-state index contributed by atoms with van der Waals surface area (Å²) in [6, 6.07) is 0. The van der Waals surface area contributed by atoms with Gasteiger partial charge in [0.15, 0.2) is 0 Å². The molecule has 0 aromatic carbocycles. The van der Waals surface area contributed by atoms with Crippen LogP contribution in [0, 0.1) is 28.6 Å². The molecule has 0 spiro atoms. The summed E-state index contributed by atoms with van der Waals surface area (Å²) < 4.78 is 5.55. The fraction of sp³-hybridized carbons (Fsp3) is 0.720. The van der Waals surface area contributed by atoms with Crippen LogP contribution in [0.25, 0.3) is 0 Å². The van der Waals surface area contributed by atoms with Gasteiger partial charge in [0.1, 0.15) is 6.10 Å². The molecule has 164 valence electrons. The zero-order valence-electron chi connectivity index (χ0n) is 19.0. The number of carbonyl (C=O) groups excluding carboxylic acids is 2. The van der Waals surface area contributed by atoms with E-state index < -0.39 is 0 Å². The maximum atomic E-state index is 11.4. The van der Waals surface area contributed by atoms with Crippen LogP contribution in [0.15, 0.2) is 28.5 Å². The van der Waals surface area contributed by atoms with Crippen LogP contribution in [-0.4, -0.2) is 23.8 Å². The second kappa shape index (κ2) is 7.65. The molecule has 0 amide bonds. The van der Waals surface area contributed by atoms with Crippen molar-refractivity contribution in [3.63, 3.8) is 0 Å². The highest BCUT2D eigenvalue weighted by atomic mass is 16.7. The first-order valence-corrected chi connectivity index (χ1v) is 11.4. The summed E-state index contributed by atoms with van der Waals surface area (Å²) >= 11 is 0. The molecule has 4 aliphatic carbocycles. The van der Waals surface area contributed by atoms with Gasteiger partial charge in [-0.05, 0) is 79.6 Å². The third kappa shape index (κ3) is 3.44. The first-order chi connectivity index (χ1) is 14.1. The van der Waals surface area contributed by atoms with Crippen molar-refractivity contribution in [3.8, 4) is 0 Å². The van der Waals surface area contributed by atoms with Crippen LogP contribution in [-0.2, 0) is 19.2 Å². The Balaban J connectivity index is 1.55. The van der Waals surface area contributed by atoms with Crippen molar-refractivity contribution >= 4 is 17.7 Å². The van der Waals surface area contributed by atoms with Crippen molar-refractivity contribution in [2.24, 2.45) is 33.7 Å². The molecule has 0 bridgehead atoms. The van der Waals surface area contributed by atoms with Crippen LogP contribution < -0.4 is 0 Å². The maximum Gasteiger partial charge on any atom is 0.331 e. The normalized spacial score (nSPS) is 40.4. The van der Waals surface area contributed by atoms with E-state index in [2.05, 4.69) is 31.2 Å². The number of esters is 1. The Kier molecular flexibility index (Phi) is 5.44. The van der Waals surface area contributed by atoms with Crippen LogP contribution >= 0.6 is 0 Å². The molecule has 0 aromatic heterocycles. The molecule has 0 aliphatic heterocycles. The van der Waals surface area contributed by atoms with Crippen LogP contribution in [0.3, 0.4) is 0 Å². The number of oxime groups is 1. The van der Waals surface area contributed by atoms with E-state index in [-0.39, 0.29) is 28.9 Å². The molecule has 30 heavy (non-hydrogen) atoms. The van der Waals surface area contributed by atoms with Gasteiger partial charge >= 0.3 is 11.9 Å². The molecule has 2 saturated carbocycles. The molecule has 0 N–H and O–H groups in total. The lowest BCUT2D eigenvalue weighted by atomic mass is 9.47. The van der Waals surface area contributed by atoms with Crippen molar-refractivity contribution in [2.75, 3.05) is 0 Å². The van der Waals surface area contributed by atoms with E-state index in [0.717, 1.165) is 44.2 Å². The molecule has 5 nitrogen and oxygen atoms in total. The number of carbonyl (C=O) groups is 2. The Bertz CT molecular complexity index is 840. The SMILES string of the molecule is CC(=O)O/N=C(/C)C1=CC[C@@H]2[C@H]3CC=C4C[C@H](OC(C)=O)CC[C@]4(C)[C@@H]3CC[C@@]12C. The highest BCUT2D eigenvalue weighted by molar-refractivity contribution is 5.99. The van der Waals surface area contributed by atoms with Gasteiger partial charge in [-0.1, -0.05) is 36.7 Å². The van der Waals surface area contributed by atoms with E-state index in [1.807, 2.05) is 6.92 Å². The average molecular weight is 414 g/mol. The van der Waals surface area contributed by atoms with Gasteiger partial charge in [0.05, 0.1) is 5.71 Å². The van der Waals surface area contributed by atoms with E-state index in [0.29, 0.717) is 17.8 Å². The summed E-state index contributed by atoms with van der Waals surface area (Å²) in [5.74, 6) is 1.42. The molecule has 4 rings (SSSR count). The fourth-order valence-corrected chi connectivity index (χ4v) is 7.27. The van der Waals surface area contributed by atoms with E-state index in [4.69, 9.17) is 9.57 Å². The highest BCUT2D eigenvalue weighted by Crippen LogP contribution is 2.65. The Morgan fingerprint density at radius 2 is 1.70 bits per heavy atom. The molecule has 6 atom stereocenters. The summed E-state index contributed by atoms with van der Waals surface area (Å²) in [6.07, 6.45) is 12.4. The molecule has 0 heterocycles. The lowest BCUT2D eigenvalue weighted by Gasteiger charge is -2.57. The molecule has 0 radical (unpaired) electrons. The lowest BCUT2D eigenvalue weighted by Crippen LogP contribution is -2.50. The lowest BCUT2D eigenvalue weighted by molar-refractivity contribution is -0.148. The average Bonchev–Trinajstić information content (AvgIpc) is 3.03. The number of allylic oxidation sites excluding steroid dienone is 3. The minimum Gasteiger partial charge on any atom is -0.462 e. The number of fused-ring (bicyclic) bond motifs is 5. The molecule has 0 saturated heterocycles. The van der Waals surface area contributed by atoms with Crippen molar-refractivity contribution in [2.45, 2.75) is 85.7 Å². The Labute approximate surface area is 179 Å². The van der Waals surface area contributed by atoms with Gasteiger partial charge in [-0.25, -0.2) is 4.79 Å². The molecule has 0 aromatic rings. The molecular weight excluding hydrogens is 378 g/mol. The Morgan fingerprint density at radius 1 is 0.967 bits per heavy atom. The van der Waals surface area contributed by atoms with Gasteiger partial charge in [-0.15, -0.1) is 0 Å². The zero-order valence-corrected chi connectivity index (χ0v) is 19.0. The minimum atomic E-state index is -0.374. The third-order valence-electron chi connectivity index (χ3n) is 8.67. The van der Waals surface area contributed by atoms with Gasteiger partial charge in [0, 0.05) is 20.3 Å². The predicted molar refractivity (Wildman–Crippen MR) is 116 cm³/mol. The summed E-state index contributed by atoms with van der Waals surface area (Å²) in [5, 5.41) is 4.10. The second-order valence-corrected chi connectivity index (χ2v) is 10.3. The van der Waals surface area contributed by atoms with E-state index in [1.54, 1.807) is 0 Å². The summed E-state index contributed by atoms with van der Waals surface area (Å²) in [6.45, 7) is 9.71. The molecule has 2 fully saturated rings. The number of nitrogens with zero attached hydrogens (tertiary/aromatic N) is 1. The first-order valence-electron chi connectivity index (χ1n) is 11.4. The van der Waals surface area contributed by atoms with Crippen LogP contribution in [0.4, 0.5) is 0 Å². The zero-order chi connectivity index (χ0) is 21.7. The van der Waals surface area contributed by atoms with Crippen LogP contribution in [0.2, 0.25) is 0 Å². The first kappa shape index (κ1) is 21.3. The van der Waals surface area contributed by atoms with Gasteiger partial charge in [-0.2, -0.15) is 0 Å². The summed E-state index contributed by atoms with van der Waals surface area (Å²) in [4.78, 5) is 27.5. The smallest absolute Gasteiger partial charge is 0.331 e. The van der Waals surface area contributed by atoms with Crippen LogP contribution in [0.5, 0.6) is 0 Å². The maximum absolute atomic E-state index is 11.4. The monoisotopic (exact) mass is 413 g/mol. The fourth-order valence-electron chi connectivity index (χ4n) is 7.27. The van der Waals surface area contributed by atoms with Crippen molar-refractivity contribution in [1.82, 2.24) is 0 Å². The van der Waals surface area contributed by atoms with Gasteiger partial charge in [0.25, 0.3) is 0 Å². The van der Waals surface area contributed by atoms with Gasteiger partial charge in [-0.3, -0.25) is 4.79 Å². The topological polar surface area (TPSA) is 65.0 Å². The third-order valence-corrected chi connectivity index (χ3v) is 8.67. The summed E-state index contributed by atoms with van der Waals surface area (Å²) in [7, 11) is 0. The van der Waals surface area contributed by atoms with E-state index in [9.17, 15) is 9.59 Å². The largest absolute Gasteiger partial charge is 0.462 e. The Morgan fingerprint density at radius 3 is 2.40 bits per heavy atom. The predicted octanol–water partition coefficient (Wildman–Crippen LogP) is 5.36. The number of hydrogen-bond acceptors (Lipinski definition) is 5. The number of ether oxygens (including phenoxy) is 1. The van der Waals surface area contributed by atoms with Crippen molar-refractivity contribution in [3.05, 3.63) is 23.3 Å². The molecule has 5 heteroatoms. The number of hydrogen-bond donors (Lipinski definition) is 0. The quantitative estimate of drug-likeness (QED) is 0.205. The van der Waals surface area contributed by atoms with Crippen LogP contribution in [0.1, 0.15) is 79.6 Å². The Hall–Kier alpha value is -1.91. The molecular formula is C25H35NO4. The van der Waals surface area contributed by atoms with E-state index in [1.165, 1.54) is 31.4 Å². The number of rotatable bonds is 3. The van der Waals surface area contributed by atoms with E-state index >= 15 is 0 Å². The molecule has 0 unspecified atom stereocenters. The second-order valence-electron chi connectivity index (χ2n) is 10.3. The summed E-state index contributed by atoms with van der Waals surface area (Å²) in [5.41, 5.74) is 3.96. The van der Waals surface area contributed by atoms with Gasteiger partial charge in [0.2, 0.25) is 0 Å². The molecule has 4 aliphatic rings. The standard InChI is InChI=1S/C25H35NO4/c1-15(26-30-17(3)28)21-8-9-22-20-7-6-18-14-19(29-16(2)27)10-12-24(18,4)23(20)11-13-25(21,22)5/h6,8,19-20,22-23H,7,9-14H2,1-5H3/b26-15-/t19-,20-,22-,23-,24+,25+/m1/s1. The van der Waals surface area contributed by atoms with Crippen molar-refractivity contribution in [1.29, 1.82) is 0 Å². The minimum absolute atomic E-state index is 0.0483. The van der Waals surface area contributed by atoms with Crippen molar-refractivity contribution < 1.29 is 19.2 Å².